The van der Waals surface area contributed by atoms with E-state index >= 15 is 0 Å². The number of benzene rings is 1. The molecule has 0 radical (unpaired) electrons. The lowest BCUT2D eigenvalue weighted by molar-refractivity contribution is 0.181. The van der Waals surface area contributed by atoms with Crippen LogP contribution in [0.4, 0.5) is 4.39 Å². The second-order valence-corrected chi connectivity index (χ2v) is 7.22. The average molecular weight is 310 g/mol. The summed E-state index contributed by atoms with van der Waals surface area (Å²) >= 11 is 1.62. The lowest BCUT2D eigenvalue weighted by Crippen LogP contribution is -2.42. The number of hydrogen-bond donors (Lipinski definition) is 1. The van der Waals surface area contributed by atoms with Crippen molar-refractivity contribution < 1.29 is 4.39 Å². The topological polar surface area (TPSA) is 15.3 Å². The molecule has 0 spiro atoms. The second-order valence-electron chi connectivity index (χ2n) is 6.08. The highest BCUT2D eigenvalue weighted by molar-refractivity contribution is 7.99. The van der Waals surface area contributed by atoms with Crippen LogP contribution in [0.3, 0.4) is 0 Å². The van der Waals surface area contributed by atoms with Crippen LogP contribution in [0, 0.1) is 11.7 Å². The van der Waals surface area contributed by atoms with Crippen molar-refractivity contribution >= 4 is 11.8 Å². The first-order valence-corrected chi connectivity index (χ1v) is 8.97. The second kappa shape index (κ2) is 8.76. The molecular formula is C17H27FN2S. The van der Waals surface area contributed by atoms with Gasteiger partial charge >= 0.3 is 0 Å². The quantitative estimate of drug-likeness (QED) is 0.774. The molecule has 1 atom stereocenters. The minimum absolute atomic E-state index is 0.102. The van der Waals surface area contributed by atoms with E-state index in [-0.39, 0.29) is 5.82 Å². The van der Waals surface area contributed by atoms with Crippen LogP contribution in [0.15, 0.2) is 29.2 Å². The van der Waals surface area contributed by atoms with E-state index in [1.165, 1.54) is 25.5 Å². The van der Waals surface area contributed by atoms with Crippen molar-refractivity contribution in [3.63, 3.8) is 0 Å². The summed E-state index contributed by atoms with van der Waals surface area (Å²) in [6.45, 7) is 8.99. The number of piperidine rings is 1. The third kappa shape index (κ3) is 5.61. The average Bonchev–Trinajstić information content (AvgIpc) is 2.49. The number of nitrogens with zero attached hydrogens (tertiary/aromatic N) is 1. The molecule has 1 saturated heterocycles. The largest absolute Gasteiger partial charge is 0.316 e. The van der Waals surface area contributed by atoms with Crippen molar-refractivity contribution in [2.75, 3.05) is 31.9 Å². The predicted molar refractivity (Wildman–Crippen MR) is 89.4 cm³/mol. The number of rotatable bonds is 7. The smallest absolute Gasteiger partial charge is 0.136 e. The molecule has 0 bridgehead atoms. The van der Waals surface area contributed by atoms with Crippen molar-refractivity contribution in [3.05, 3.63) is 30.1 Å². The standard InChI is InChI=1S/C17H27FN2S/c1-14(2)20(13-15-6-5-9-19-12-15)10-11-21-17-8-4-3-7-16(17)18/h3-4,7-8,14-15,19H,5-6,9-13H2,1-2H3. The third-order valence-corrected chi connectivity index (χ3v) is 5.12. The van der Waals surface area contributed by atoms with Gasteiger partial charge in [0.1, 0.15) is 5.82 Å². The molecule has 1 unspecified atom stereocenters. The highest BCUT2D eigenvalue weighted by Crippen LogP contribution is 2.22. The molecular weight excluding hydrogens is 283 g/mol. The first-order valence-electron chi connectivity index (χ1n) is 7.99. The Balaban J connectivity index is 1.78. The third-order valence-electron chi connectivity index (χ3n) is 4.09. The summed E-state index contributed by atoms with van der Waals surface area (Å²) in [6.07, 6.45) is 2.62. The first kappa shape index (κ1) is 16.8. The summed E-state index contributed by atoms with van der Waals surface area (Å²) in [4.78, 5) is 3.30. The number of hydrogen-bond acceptors (Lipinski definition) is 3. The van der Waals surface area contributed by atoms with Gasteiger partial charge in [-0.1, -0.05) is 12.1 Å². The van der Waals surface area contributed by atoms with Gasteiger partial charge in [-0.25, -0.2) is 4.39 Å². The number of thioether (sulfide) groups is 1. The van der Waals surface area contributed by atoms with E-state index < -0.39 is 0 Å². The number of halogens is 1. The zero-order chi connectivity index (χ0) is 15.1. The Labute approximate surface area is 132 Å². The van der Waals surface area contributed by atoms with E-state index in [1.54, 1.807) is 17.8 Å². The van der Waals surface area contributed by atoms with Crippen LogP contribution >= 0.6 is 11.8 Å². The molecule has 118 valence electrons. The molecule has 1 aromatic carbocycles. The Morgan fingerprint density at radius 2 is 2.19 bits per heavy atom. The van der Waals surface area contributed by atoms with Crippen molar-refractivity contribution in [2.45, 2.75) is 37.6 Å². The highest BCUT2D eigenvalue weighted by Gasteiger charge is 2.18. The van der Waals surface area contributed by atoms with Crippen LogP contribution in [0.5, 0.6) is 0 Å². The van der Waals surface area contributed by atoms with Gasteiger partial charge in [0, 0.05) is 29.8 Å². The van der Waals surface area contributed by atoms with Crippen LogP contribution in [-0.2, 0) is 0 Å². The SMILES string of the molecule is CC(C)N(CCSc1ccccc1F)CC1CCCNC1. The molecule has 1 heterocycles. The van der Waals surface area contributed by atoms with Gasteiger partial charge in [-0.05, 0) is 57.8 Å². The molecule has 1 aliphatic rings. The zero-order valence-corrected chi connectivity index (χ0v) is 14.0. The molecule has 1 aromatic rings. The molecule has 4 heteroatoms. The van der Waals surface area contributed by atoms with Crippen LogP contribution < -0.4 is 5.32 Å². The normalized spacial score (nSPS) is 19.4. The van der Waals surface area contributed by atoms with Crippen LogP contribution in [0.25, 0.3) is 0 Å². The summed E-state index contributed by atoms with van der Waals surface area (Å²) in [5.41, 5.74) is 0. The van der Waals surface area contributed by atoms with Gasteiger partial charge in [0.25, 0.3) is 0 Å². The van der Waals surface area contributed by atoms with E-state index in [0.29, 0.717) is 6.04 Å². The van der Waals surface area contributed by atoms with Crippen molar-refractivity contribution in [1.29, 1.82) is 0 Å². The van der Waals surface area contributed by atoms with Gasteiger partial charge < -0.3 is 5.32 Å². The lowest BCUT2D eigenvalue weighted by Gasteiger charge is -2.32. The van der Waals surface area contributed by atoms with Crippen LogP contribution in [-0.4, -0.2) is 42.9 Å². The summed E-state index contributed by atoms with van der Waals surface area (Å²) in [7, 11) is 0. The molecule has 0 aromatic heterocycles. The molecule has 1 fully saturated rings. The van der Waals surface area contributed by atoms with Crippen molar-refractivity contribution in [3.8, 4) is 0 Å². The Morgan fingerprint density at radius 3 is 2.86 bits per heavy atom. The van der Waals surface area contributed by atoms with Gasteiger partial charge in [-0.15, -0.1) is 11.8 Å². The molecule has 21 heavy (non-hydrogen) atoms. The maximum Gasteiger partial charge on any atom is 0.136 e. The maximum absolute atomic E-state index is 13.6. The number of nitrogens with one attached hydrogen (secondary N) is 1. The van der Waals surface area contributed by atoms with Crippen LogP contribution in [0.2, 0.25) is 0 Å². The molecule has 1 N–H and O–H groups in total. The summed E-state index contributed by atoms with van der Waals surface area (Å²) in [5, 5.41) is 3.49. The van der Waals surface area contributed by atoms with E-state index in [1.807, 2.05) is 12.1 Å². The minimum atomic E-state index is -0.102. The van der Waals surface area contributed by atoms with E-state index in [0.717, 1.165) is 36.2 Å². The zero-order valence-electron chi connectivity index (χ0n) is 13.1. The fourth-order valence-corrected chi connectivity index (χ4v) is 3.73. The molecule has 0 saturated carbocycles. The van der Waals surface area contributed by atoms with Crippen LogP contribution in [0.1, 0.15) is 26.7 Å². The fraction of sp³-hybridized carbons (Fsp3) is 0.647. The van der Waals surface area contributed by atoms with Gasteiger partial charge in [0.15, 0.2) is 0 Å². The molecule has 0 aliphatic carbocycles. The van der Waals surface area contributed by atoms with E-state index in [4.69, 9.17) is 0 Å². The molecule has 2 nitrogen and oxygen atoms in total. The van der Waals surface area contributed by atoms with E-state index in [2.05, 4.69) is 24.1 Å². The Hall–Kier alpha value is -0.580. The van der Waals surface area contributed by atoms with Gasteiger partial charge in [0.05, 0.1) is 0 Å². The first-order chi connectivity index (χ1) is 10.2. The molecule has 1 aliphatic heterocycles. The lowest BCUT2D eigenvalue weighted by atomic mass is 9.98. The predicted octanol–water partition coefficient (Wildman–Crippen LogP) is 3.63. The minimum Gasteiger partial charge on any atom is -0.316 e. The summed E-state index contributed by atoms with van der Waals surface area (Å²) in [6, 6.07) is 7.60. The monoisotopic (exact) mass is 310 g/mol. The summed E-state index contributed by atoms with van der Waals surface area (Å²) < 4.78 is 13.6. The Morgan fingerprint density at radius 1 is 1.38 bits per heavy atom. The van der Waals surface area contributed by atoms with Gasteiger partial charge in [0.2, 0.25) is 0 Å². The molecule has 0 amide bonds. The highest BCUT2D eigenvalue weighted by atomic mass is 32.2. The Kier molecular flexibility index (Phi) is 7.00. The maximum atomic E-state index is 13.6. The summed E-state index contributed by atoms with van der Waals surface area (Å²) in [5.74, 6) is 1.61. The van der Waals surface area contributed by atoms with E-state index in [9.17, 15) is 4.39 Å². The Bertz CT molecular complexity index is 419. The molecule has 2 rings (SSSR count). The van der Waals surface area contributed by atoms with Gasteiger partial charge in [-0.2, -0.15) is 0 Å². The van der Waals surface area contributed by atoms with Crippen molar-refractivity contribution in [1.82, 2.24) is 10.2 Å². The van der Waals surface area contributed by atoms with Crippen molar-refractivity contribution in [2.24, 2.45) is 5.92 Å². The fourth-order valence-electron chi connectivity index (χ4n) is 2.81. The van der Waals surface area contributed by atoms with Gasteiger partial charge in [-0.3, -0.25) is 4.90 Å².